The Labute approximate surface area is 182 Å². The number of hydrogen-bond donors (Lipinski definition) is 1. The van der Waals surface area contributed by atoms with Crippen molar-refractivity contribution in [2.24, 2.45) is 0 Å². The van der Waals surface area contributed by atoms with E-state index < -0.39 is 16.1 Å². The van der Waals surface area contributed by atoms with Crippen molar-refractivity contribution in [2.75, 3.05) is 13.2 Å². The maximum Gasteiger partial charge on any atom is 0.293 e. The first-order valence-electron chi connectivity index (χ1n) is 8.07. The fourth-order valence-corrected chi connectivity index (χ4v) is 3.89. The Bertz CT molecular complexity index is 1030. The van der Waals surface area contributed by atoms with E-state index in [9.17, 15) is 24.8 Å². The van der Waals surface area contributed by atoms with Gasteiger partial charge in [0.05, 0.1) is 20.8 Å². The van der Waals surface area contributed by atoms with E-state index in [4.69, 9.17) is 16.3 Å². The number of non-ortho nitro benzene ring substituents is 1. The Kier molecular flexibility index (Phi) is 6.46. The van der Waals surface area contributed by atoms with Crippen LogP contribution >= 0.6 is 39.3 Å². The number of nitro benzene ring substituents is 1. The van der Waals surface area contributed by atoms with E-state index in [2.05, 4.69) is 15.9 Å². The molecule has 2 amide bonds. The SMILES string of the molecule is O=C1S/C(=C\c2cc([N+](=O)[O-])cc(Br)c2O)C(=O)N1CCOc1ccc(Cl)cc1. The molecule has 150 valence electrons. The van der Waals surface area contributed by atoms with Gasteiger partial charge in [-0.1, -0.05) is 11.6 Å². The van der Waals surface area contributed by atoms with E-state index in [-0.39, 0.29) is 39.5 Å². The second kappa shape index (κ2) is 8.85. The third kappa shape index (κ3) is 4.89. The smallest absolute Gasteiger partial charge is 0.293 e. The Hall–Kier alpha value is -2.56. The zero-order valence-corrected chi connectivity index (χ0v) is 17.7. The molecule has 0 spiro atoms. The van der Waals surface area contributed by atoms with Gasteiger partial charge in [0, 0.05) is 22.7 Å². The lowest BCUT2D eigenvalue weighted by molar-refractivity contribution is -0.385. The van der Waals surface area contributed by atoms with Crippen molar-refractivity contribution < 1.29 is 24.4 Å². The largest absolute Gasteiger partial charge is 0.506 e. The minimum Gasteiger partial charge on any atom is -0.506 e. The van der Waals surface area contributed by atoms with Crippen LogP contribution in [0, 0.1) is 10.1 Å². The number of hydrogen-bond acceptors (Lipinski definition) is 7. The number of halogens is 2. The minimum absolute atomic E-state index is 0.0231. The molecule has 1 aliphatic heterocycles. The van der Waals surface area contributed by atoms with E-state index in [1.807, 2.05) is 0 Å². The number of nitrogens with zero attached hydrogens (tertiary/aromatic N) is 2. The van der Waals surface area contributed by atoms with Gasteiger partial charge in [0.25, 0.3) is 16.8 Å². The summed E-state index contributed by atoms with van der Waals surface area (Å²) in [6.45, 7) is 0.107. The average Bonchev–Trinajstić information content (AvgIpc) is 2.94. The number of benzene rings is 2. The van der Waals surface area contributed by atoms with Gasteiger partial charge in [-0.15, -0.1) is 0 Å². The molecule has 0 aromatic heterocycles. The van der Waals surface area contributed by atoms with Gasteiger partial charge in [0.15, 0.2) is 0 Å². The number of phenols is 1. The van der Waals surface area contributed by atoms with Crippen LogP contribution in [0.25, 0.3) is 6.08 Å². The van der Waals surface area contributed by atoms with E-state index in [0.717, 1.165) is 17.0 Å². The zero-order valence-electron chi connectivity index (χ0n) is 14.5. The van der Waals surface area contributed by atoms with Gasteiger partial charge in [-0.25, -0.2) is 0 Å². The summed E-state index contributed by atoms with van der Waals surface area (Å²) in [4.78, 5) is 36.1. The van der Waals surface area contributed by atoms with Crippen LogP contribution in [0.1, 0.15) is 5.56 Å². The number of ether oxygens (including phenoxy) is 1. The van der Waals surface area contributed by atoms with Crippen molar-refractivity contribution in [1.82, 2.24) is 4.90 Å². The highest BCUT2D eigenvalue weighted by atomic mass is 79.9. The third-order valence-electron chi connectivity index (χ3n) is 3.85. The van der Waals surface area contributed by atoms with Crippen molar-refractivity contribution in [1.29, 1.82) is 0 Å². The van der Waals surface area contributed by atoms with E-state index >= 15 is 0 Å². The van der Waals surface area contributed by atoms with Gasteiger partial charge in [-0.3, -0.25) is 24.6 Å². The minimum atomic E-state index is -0.624. The van der Waals surface area contributed by atoms with Crippen molar-refractivity contribution in [3.8, 4) is 11.5 Å². The molecule has 0 unspecified atom stereocenters. The van der Waals surface area contributed by atoms with E-state index in [1.165, 1.54) is 6.08 Å². The zero-order chi connectivity index (χ0) is 21.1. The van der Waals surface area contributed by atoms with Crippen LogP contribution < -0.4 is 4.74 Å². The molecule has 1 saturated heterocycles. The summed E-state index contributed by atoms with van der Waals surface area (Å²) >= 11 is 9.52. The molecule has 0 atom stereocenters. The fourth-order valence-electron chi connectivity index (χ4n) is 2.44. The molecule has 0 radical (unpaired) electrons. The molecule has 1 N–H and O–H groups in total. The monoisotopic (exact) mass is 498 g/mol. The molecular weight excluding hydrogens is 488 g/mol. The summed E-state index contributed by atoms with van der Waals surface area (Å²) in [6.07, 6.45) is 1.25. The van der Waals surface area contributed by atoms with Gasteiger partial charge >= 0.3 is 0 Å². The number of carbonyl (C=O) groups is 2. The first kappa shape index (κ1) is 21.2. The number of amides is 2. The molecule has 1 fully saturated rings. The van der Waals surface area contributed by atoms with Gasteiger partial charge in [0.2, 0.25) is 0 Å². The topological polar surface area (TPSA) is 110 Å². The molecule has 0 bridgehead atoms. The summed E-state index contributed by atoms with van der Waals surface area (Å²) in [7, 11) is 0. The Morgan fingerprint density at radius 3 is 2.62 bits per heavy atom. The number of carbonyl (C=O) groups excluding carboxylic acids is 2. The van der Waals surface area contributed by atoms with Gasteiger partial charge < -0.3 is 9.84 Å². The normalized spacial score (nSPS) is 15.2. The van der Waals surface area contributed by atoms with E-state index in [0.29, 0.717) is 22.5 Å². The van der Waals surface area contributed by atoms with Gasteiger partial charge in [-0.05, 0) is 58.0 Å². The lowest BCUT2D eigenvalue weighted by Gasteiger charge is -2.13. The van der Waals surface area contributed by atoms with Crippen LogP contribution in [0.5, 0.6) is 11.5 Å². The van der Waals surface area contributed by atoms with E-state index in [1.54, 1.807) is 24.3 Å². The van der Waals surface area contributed by atoms with Crippen molar-refractivity contribution in [2.45, 2.75) is 0 Å². The third-order valence-corrected chi connectivity index (χ3v) is 5.61. The Morgan fingerprint density at radius 2 is 1.97 bits per heavy atom. The number of imide groups is 1. The van der Waals surface area contributed by atoms with Crippen LogP contribution in [-0.2, 0) is 4.79 Å². The summed E-state index contributed by atoms with van der Waals surface area (Å²) < 4.78 is 5.60. The summed E-state index contributed by atoms with van der Waals surface area (Å²) in [6, 6.07) is 8.91. The number of rotatable bonds is 6. The number of thioether (sulfide) groups is 1. The molecule has 2 aromatic carbocycles. The molecule has 3 rings (SSSR count). The first-order chi connectivity index (χ1) is 13.8. The van der Waals surface area contributed by atoms with Crippen molar-refractivity contribution >= 4 is 62.2 Å². The maximum atomic E-state index is 12.5. The van der Waals surface area contributed by atoms with Gasteiger partial charge in [-0.2, -0.15) is 0 Å². The molecular formula is C18H12BrClN2O6S. The van der Waals surface area contributed by atoms with Crippen LogP contribution in [0.15, 0.2) is 45.8 Å². The van der Waals surface area contributed by atoms with Gasteiger partial charge in [0.1, 0.15) is 18.1 Å². The second-order valence-electron chi connectivity index (χ2n) is 5.76. The average molecular weight is 500 g/mol. The molecule has 11 heteroatoms. The summed E-state index contributed by atoms with van der Waals surface area (Å²) in [5, 5.41) is 21.2. The summed E-state index contributed by atoms with van der Waals surface area (Å²) in [5.74, 6) is -0.293. The Balaban J connectivity index is 1.73. The van der Waals surface area contributed by atoms with Crippen LogP contribution in [0.3, 0.4) is 0 Å². The maximum absolute atomic E-state index is 12.5. The lowest BCUT2D eigenvalue weighted by Crippen LogP contribution is -2.32. The number of phenolic OH excluding ortho intramolecular Hbond substituents is 1. The highest BCUT2D eigenvalue weighted by Crippen LogP contribution is 2.37. The predicted molar refractivity (Wildman–Crippen MR) is 112 cm³/mol. The first-order valence-corrected chi connectivity index (χ1v) is 10.1. The molecule has 1 aliphatic rings. The molecule has 0 saturated carbocycles. The summed E-state index contributed by atoms with van der Waals surface area (Å²) in [5.41, 5.74) is -0.217. The Morgan fingerprint density at radius 1 is 1.28 bits per heavy atom. The van der Waals surface area contributed by atoms with Crippen LogP contribution in [0.4, 0.5) is 10.5 Å². The van der Waals surface area contributed by atoms with Crippen LogP contribution in [0.2, 0.25) is 5.02 Å². The molecule has 8 nitrogen and oxygen atoms in total. The predicted octanol–water partition coefficient (Wildman–Crippen LogP) is 4.83. The highest BCUT2D eigenvalue weighted by Gasteiger charge is 2.35. The molecule has 29 heavy (non-hydrogen) atoms. The number of aromatic hydroxyl groups is 1. The van der Waals surface area contributed by atoms with Crippen molar-refractivity contribution in [3.05, 3.63) is 66.5 Å². The van der Waals surface area contributed by atoms with Crippen molar-refractivity contribution in [3.63, 3.8) is 0 Å². The second-order valence-corrected chi connectivity index (χ2v) is 8.04. The highest BCUT2D eigenvalue weighted by molar-refractivity contribution is 9.10. The standard InChI is InChI=1S/C18H12BrClN2O6S/c19-14-9-12(22(26)27)7-10(16(14)23)8-15-17(24)21(18(25)29-15)5-6-28-13-3-1-11(20)2-4-13/h1-4,7-9,23H,5-6H2/b15-8-. The van der Waals surface area contributed by atoms with Crippen LogP contribution in [-0.4, -0.2) is 39.2 Å². The lowest BCUT2D eigenvalue weighted by atomic mass is 10.1. The number of nitro groups is 1. The molecule has 2 aromatic rings. The fraction of sp³-hybridized carbons (Fsp3) is 0.111. The molecule has 0 aliphatic carbocycles. The molecule has 1 heterocycles. The quantitative estimate of drug-likeness (QED) is 0.344.